The van der Waals surface area contributed by atoms with Crippen LogP contribution in [0, 0.1) is 34.6 Å². The molecule has 0 aromatic heterocycles. The van der Waals surface area contributed by atoms with Gasteiger partial charge >= 0.3 is 0 Å². The van der Waals surface area contributed by atoms with Gasteiger partial charge in [-0.15, -0.1) is 0 Å². The zero-order valence-corrected chi connectivity index (χ0v) is 14.2. The molecule has 3 rings (SSSR count). The van der Waals surface area contributed by atoms with Crippen LogP contribution in [0.5, 0.6) is 0 Å². The first kappa shape index (κ1) is 16.8. The van der Waals surface area contributed by atoms with Gasteiger partial charge in [0, 0.05) is 17.4 Å². The van der Waals surface area contributed by atoms with Crippen LogP contribution in [0.3, 0.4) is 0 Å². The Bertz CT molecular complexity index is 573. The molecule has 0 saturated carbocycles. The van der Waals surface area contributed by atoms with E-state index in [1.807, 2.05) is 0 Å². The van der Waals surface area contributed by atoms with Gasteiger partial charge < -0.3 is 53.2 Å². The van der Waals surface area contributed by atoms with Crippen molar-refractivity contribution < 1.29 is 17.4 Å². The van der Waals surface area contributed by atoms with E-state index in [9.17, 15) is 0 Å². The van der Waals surface area contributed by atoms with Crippen LogP contribution in [0.1, 0.15) is 27.8 Å². The van der Waals surface area contributed by atoms with E-state index in [1.165, 1.54) is 38.6 Å². The molecular formula is C19H22Cr-6. The van der Waals surface area contributed by atoms with Crippen LogP contribution < -0.4 is 0 Å². The van der Waals surface area contributed by atoms with Crippen LogP contribution >= 0.6 is 0 Å². The molecule has 0 aliphatic rings. The van der Waals surface area contributed by atoms with Crippen molar-refractivity contribution in [3.8, 4) is 0 Å². The van der Waals surface area contributed by atoms with Gasteiger partial charge in [-0.3, -0.25) is 0 Å². The summed E-state index contributed by atoms with van der Waals surface area (Å²) < 4.78 is 0. The second-order valence-electron chi connectivity index (χ2n) is 5.28. The summed E-state index contributed by atoms with van der Waals surface area (Å²) in [5.41, 5.74) is 7.34. The van der Waals surface area contributed by atoms with E-state index in [0.717, 1.165) is 0 Å². The van der Waals surface area contributed by atoms with Gasteiger partial charge in [-0.05, 0) is 0 Å². The molecule has 0 nitrogen and oxygen atoms in total. The summed E-state index contributed by atoms with van der Waals surface area (Å²) in [5, 5.41) is 2.66. The minimum absolute atomic E-state index is 0. The summed E-state index contributed by atoms with van der Waals surface area (Å²) >= 11 is 0. The smallest absolute Gasteiger partial charge is 0 e. The molecule has 0 saturated heterocycles. The molecule has 0 spiro atoms. The molecule has 0 aliphatic heterocycles. The minimum atomic E-state index is 0. The predicted octanol–water partition coefficient (Wildman–Crippen LogP) is 5.50. The molecule has 3 aromatic rings. The third kappa shape index (κ3) is 3.24. The van der Waals surface area contributed by atoms with Gasteiger partial charge in [-0.1, -0.05) is 34.6 Å². The number of hydrogen-bond acceptors (Lipinski definition) is 0. The largest absolute Gasteiger partial charge is 0.642 e. The maximum absolute atomic E-state index is 2.20. The SMILES string of the molecule is Cc1c(C)c(C)[c-](C)c1C.[Cr].c1cc[c-]2[cH-][cH-][cH-][c-]2c1. The van der Waals surface area contributed by atoms with Crippen molar-refractivity contribution in [1.82, 2.24) is 0 Å². The third-order valence-corrected chi connectivity index (χ3v) is 4.36. The molecule has 0 fully saturated rings. The van der Waals surface area contributed by atoms with Crippen molar-refractivity contribution in [3.63, 3.8) is 0 Å². The molecule has 0 amide bonds. The molecule has 3 aromatic carbocycles. The molecular weight excluding hydrogens is 280 g/mol. The number of hydrogen-bond donors (Lipinski definition) is 0. The van der Waals surface area contributed by atoms with Crippen LogP contribution in [0.25, 0.3) is 10.8 Å². The molecule has 110 valence electrons. The van der Waals surface area contributed by atoms with Crippen LogP contribution in [0.4, 0.5) is 0 Å². The van der Waals surface area contributed by atoms with Crippen molar-refractivity contribution in [1.29, 1.82) is 0 Å². The fourth-order valence-electron chi connectivity index (χ4n) is 2.48. The average molecular weight is 302 g/mol. The van der Waals surface area contributed by atoms with Crippen molar-refractivity contribution in [3.05, 3.63) is 70.3 Å². The monoisotopic (exact) mass is 302 g/mol. The Labute approximate surface area is 133 Å². The van der Waals surface area contributed by atoms with Gasteiger partial charge in [0.25, 0.3) is 0 Å². The van der Waals surface area contributed by atoms with Gasteiger partial charge in [0.1, 0.15) is 0 Å². The maximum atomic E-state index is 2.20. The van der Waals surface area contributed by atoms with E-state index in [-0.39, 0.29) is 17.4 Å². The molecule has 20 heavy (non-hydrogen) atoms. The van der Waals surface area contributed by atoms with E-state index in [2.05, 4.69) is 77.1 Å². The summed E-state index contributed by atoms with van der Waals surface area (Å²) in [6.07, 6.45) is 0. The van der Waals surface area contributed by atoms with Gasteiger partial charge in [0.2, 0.25) is 0 Å². The first-order chi connectivity index (χ1) is 9.02. The van der Waals surface area contributed by atoms with Crippen molar-refractivity contribution in [2.24, 2.45) is 0 Å². The van der Waals surface area contributed by atoms with E-state index in [4.69, 9.17) is 0 Å². The Morgan fingerprint density at radius 1 is 0.800 bits per heavy atom. The Kier molecular flexibility index (Phi) is 5.81. The number of benzene rings is 1. The topological polar surface area (TPSA) is 0 Å². The first-order valence-corrected chi connectivity index (χ1v) is 6.82. The van der Waals surface area contributed by atoms with E-state index in [0.29, 0.717) is 0 Å². The van der Waals surface area contributed by atoms with Gasteiger partial charge in [0.15, 0.2) is 0 Å². The van der Waals surface area contributed by atoms with Gasteiger partial charge in [-0.25, -0.2) is 0 Å². The second kappa shape index (κ2) is 6.93. The fourth-order valence-corrected chi connectivity index (χ4v) is 2.48. The second-order valence-corrected chi connectivity index (χ2v) is 5.28. The molecule has 0 unspecified atom stereocenters. The van der Waals surface area contributed by atoms with E-state index < -0.39 is 0 Å². The standard InChI is InChI=1S/C10H15.C9H7.Cr/c1-6-7(2)9(4)10(5)8(6)3;1-2-5-9-7-3-6-8(9)4-1;/h1-5H3;1-7H;/q-1;-5;. The molecule has 0 N–H and O–H groups in total. The van der Waals surface area contributed by atoms with Gasteiger partial charge in [0.05, 0.1) is 0 Å². The van der Waals surface area contributed by atoms with Crippen LogP contribution in [0.2, 0.25) is 0 Å². The summed E-state index contributed by atoms with van der Waals surface area (Å²) in [5.74, 6) is 0. The number of fused-ring (bicyclic) bond motifs is 1. The fraction of sp³-hybridized carbons (Fsp3) is 0.263. The molecule has 0 aliphatic carbocycles. The van der Waals surface area contributed by atoms with Crippen LogP contribution in [-0.4, -0.2) is 0 Å². The Morgan fingerprint density at radius 2 is 1.20 bits per heavy atom. The predicted molar refractivity (Wildman–Crippen MR) is 85.3 cm³/mol. The Morgan fingerprint density at radius 3 is 1.50 bits per heavy atom. The number of rotatable bonds is 0. The maximum Gasteiger partial charge on any atom is 0 e. The zero-order chi connectivity index (χ0) is 14.0. The van der Waals surface area contributed by atoms with Gasteiger partial charge in [-0.2, -0.15) is 27.8 Å². The molecule has 0 bridgehead atoms. The summed E-state index contributed by atoms with van der Waals surface area (Å²) in [6.45, 7) is 11.0. The average Bonchev–Trinajstić information content (AvgIpc) is 2.97. The quantitative estimate of drug-likeness (QED) is 0.481. The molecule has 0 radical (unpaired) electrons. The Balaban J connectivity index is 0.000000191. The Hall–Kier alpha value is -1.29. The first-order valence-electron chi connectivity index (χ1n) is 6.82. The molecule has 1 heteroatoms. The van der Waals surface area contributed by atoms with Crippen molar-refractivity contribution in [2.75, 3.05) is 0 Å². The van der Waals surface area contributed by atoms with Crippen molar-refractivity contribution >= 4 is 10.8 Å². The summed E-state index contributed by atoms with van der Waals surface area (Å²) in [6, 6.07) is 14.7. The molecule has 0 heterocycles. The van der Waals surface area contributed by atoms with E-state index >= 15 is 0 Å². The zero-order valence-electron chi connectivity index (χ0n) is 12.9. The summed E-state index contributed by atoms with van der Waals surface area (Å²) in [4.78, 5) is 0. The van der Waals surface area contributed by atoms with Crippen molar-refractivity contribution in [2.45, 2.75) is 34.6 Å². The minimum Gasteiger partial charge on any atom is -0.642 e. The van der Waals surface area contributed by atoms with Crippen LogP contribution in [-0.2, 0) is 17.4 Å². The third-order valence-electron chi connectivity index (χ3n) is 4.36. The van der Waals surface area contributed by atoms with Crippen LogP contribution in [0.15, 0.2) is 42.5 Å². The molecule has 0 atom stereocenters. The normalized spacial score (nSPS) is 9.85. The summed E-state index contributed by atoms with van der Waals surface area (Å²) in [7, 11) is 0. The van der Waals surface area contributed by atoms with E-state index in [1.54, 1.807) is 0 Å².